The van der Waals surface area contributed by atoms with Crippen LogP contribution in [0.1, 0.15) is 13.8 Å². The van der Waals surface area contributed by atoms with Crippen molar-refractivity contribution < 1.29 is 28.8 Å². The summed E-state index contributed by atoms with van der Waals surface area (Å²) < 4.78 is 27.1. The molecule has 0 aromatic rings. The standard InChI is InChI=1S/C12H22O6S2/c1-8(2)16-12-15-5-10(18-12)7-20-19-6-9-4-14-11(3-13)17-9/h8-13H,3-7H2,1-2H3. The van der Waals surface area contributed by atoms with Crippen LogP contribution in [-0.2, 0) is 23.7 Å². The molecule has 0 aromatic carbocycles. The molecule has 1 N–H and O–H groups in total. The molecule has 0 spiro atoms. The lowest BCUT2D eigenvalue weighted by Crippen LogP contribution is -2.20. The van der Waals surface area contributed by atoms with Crippen LogP contribution >= 0.6 is 21.6 Å². The van der Waals surface area contributed by atoms with E-state index in [0.717, 1.165) is 11.5 Å². The lowest BCUT2D eigenvalue weighted by atomic mass is 10.4. The van der Waals surface area contributed by atoms with E-state index in [0.29, 0.717) is 13.2 Å². The summed E-state index contributed by atoms with van der Waals surface area (Å²) in [6.07, 6.45) is -0.226. The monoisotopic (exact) mass is 326 g/mol. The number of aliphatic hydroxyl groups excluding tert-OH is 1. The lowest BCUT2D eigenvalue weighted by Gasteiger charge is -2.14. The molecular weight excluding hydrogens is 304 g/mol. The molecule has 6 nitrogen and oxygen atoms in total. The second-order valence-electron chi connectivity index (χ2n) is 4.84. The van der Waals surface area contributed by atoms with Crippen molar-refractivity contribution in [3.8, 4) is 0 Å². The summed E-state index contributed by atoms with van der Waals surface area (Å²) in [5, 5.41) is 8.88. The van der Waals surface area contributed by atoms with Gasteiger partial charge in [-0.15, -0.1) is 0 Å². The SMILES string of the molecule is CC(C)OC1OCC(CSSCC2COC(CO)O2)O1. The van der Waals surface area contributed by atoms with Crippen LogP contribution in [0.5, 0.6) is 0 Å². The molecule has 0 aliphatic carbocycles. The highest BCUT2D eigenvalue weighted by molar-refractivity contribution is 8.76. The van der Waals surface area contributed by atoms with Gasteiger partial charge in [-0.3, -0.25) is 0 Å². The predicted octanol–water partition coefficient (Wildman–Crippen LogP) is 1.23. The number of rotatable bonds is 8. The molecule has 0 amide bonds. The second-order valence-corrected chi connectivity index (χ2v) is 7.39. The quantitative estimate of drug-likeness (QED) is 0.528. The molecule has 2 rings (SSSR count). The summed E-state index contributed by atoms with van der Waals surface area (Å²) in [6, 6.07) is 0. The van der Waals surface area contributed by atoms with Crippen LogP contribution in [0.15, 0.2) is 0 Å². The number of hydrogen-bond donors (Lipinski definition) is 1. The van der Waals surface area contributed by atoms with Crippen LogP contribution in [0.25, 0.3) is 0 Å². The zero-order valence-corrected chi connectivity index (χ0v) is 13.4. The van der Waals surface area contributed by atoms with Crippen molar-refractivity contribution in [1.82, 2.24) is 0 Å². The zero-order chi connectivity index (χ0) is 14.4. The maximum atomic E-state index is 8.88. The Bertz CT molecular complexity index is 281. The van der Waals surface area contributed by atoms with E-state index in [4.69, 9.17) is 28.8 Å². The molecule has 2 aliphatic rings. The summed E-state index contributed by atoms with van der Waals surface area (Å²) >= 11 is 0. The maximum Gasteiger partial charge on any atom is 0.272 e. The number of hydrogen-bond acceptors (Lipinski definition) is 8. The number of ether oxygens (including phenoxy) is 5. The van der Waals surface area contributed by atoms with Gasteiger partial charge in [0.05, 0.1) is 38.1 Å². The number of aliphatic hydroxyl groups is 1. The van der Waals surface area contributed by atoms with Crippen molar-refractivity contribution in [3.05, 3.63) is 0 Å². The average molecular weight is 326 g/mol. The summed E-state index contributed by atoms with van der Waals surface area (Å²) in [5.41, 5.74) is 0. The van der Waals surface area contributed by atoms with Gasteiger partial charge in [-0.2, -0.15) is 0 Å². The molecule has 2 heterocycles. The van der Waals surface area contributed by atoms with Crippen molar-refractivity contribution in [2.45, 2.75) is 44.9 Å². The molecule has 0 saturated carbocycles. The highest BCUT2D eigenvalue weighted by atomic mass is 33.1. The van der Waals surface area contributed by atoms with Crippen LogP contribution in [0.2, 0.25) is 0 Å². The predicted molar refractivity (Wildman–Crippen MR) is 77.4 cm³/mol. The largest absolute Gasteiger partial charge is 0.391 e. The fourth-order valence-electron chi connectivity index (χ4n) is 1.74. The van der Waals surface area contributed by atoms with E-state index in [1.54, 1.807) is 21.6 Å². The van der Waals surface area contributed by atoms with Crippen molar-refractivity contribution in [2.75, 3.05) is 31.3 Å². The van der Waals surface area contributed by atoms with Crippen molar-refractivity contribution in [1.29, 1.82) is 0 Å². The van der Waals surface area contributed by atoms with Crippen LogP contribution in [0, 0.1) is 0 Å². The maximum absolute atomic E-state index is 8.88. The van der Waals surface area contributed by atoms with E-state index in [-0.39, 0.29) is 24.9 Å². The minimum atomic E-state index is -0.525. The first-order valence-electron chi connectivity index (χ1n) is 6.72. The Hall–Kier alpha value is 0.460. The van der Waals surface area contributed by atoms with Crippen LogP contribution in [-0.4, -0.2) is 67.5 Å². The molecule has 118 valence electrons. The van der Waals surface area contributed by atoms with Gasteiger partial charge in [-0.1, -0.05) is 21.6 Å². The van der Waals surface area contributed by atoms with E-state index in [1.165, 1.54) is 0 Å². The van der Waals surface area contributed by atoms with Crippen molar-refractivity contribution >= 4 is 21.6 Å². The summed E-state index contributed by atoms with van der Waals surface area (Å²) in [7, 11) is 3.44. The molecule has 4 atom stereocenters. The van der Waals surface area contributed by atoms with Gasteiger partial charge in [0.2, 0.25) is 0 Å². The van der Waals surface area contributed by atoms with Crippen LogP contribution in [0.3, 0.4) is 0 Å². The van der Waals surface area contributed by atoms with Gasteiger partial charge >= 0.3 is 0 Å². The zero-order valence-electron chi connectivity index (χ0n) is 11.7. The first kappa shape index (κ1) is 16.8. The average Bonchev–Trinajstić information content (AvgIpc) is 3.03. The molecule has 8 heteroatoms. The van der Waals surface area contributed by atoms with Crippen LogP contribution in [0.4, 0.5) is 0 Å². The van der Waals surface area contributed by atoms with Crippen molar-refractivity contribution in [2.24, 2.45) is 0 Å². The first-order chi connectivity index (χ1) is 9.67. The molecule has 20 heavy (non-hydrogen) atoms. The minimum Gasteiger partial charge on any atom is -0.391 e. The van der Waals surface area contributed by atoms with Gasteiger partial charge in [0.15, 0.2) is 6.29 Å². The van der Waals surface area contributed by atoms with Crippen LogP contribution < -0.4 is 0 Å². The van der Waals surface area contributed by atoms with Gasteiger partial charge < -0.3 is 28.8 Å². The Labute approximate surface area is 127 Å². The third kappa shape index (κ3) is 5.69. The Kier molecular flexibility index (Phi) is 7.40. The summed E-state index contributed by atoms with van der Waals surface area (Å²) in [5.74, 6) is 1.68. The third-order valence-corrected chi connectivity index (χ3v) is 5.16. The fraction of sp³-hybridized carbons (Fsp3) is 1.00. The van der Waals surface area contributed by atoms with Gasteiger partial charge in [0.1, 0.15) is 0 Å². The second kappa shape index (κ2) is 8.79. The van der Waals surface area contributed by atoms with E-state index in [9.17, 15) is 0 Å². The van der Waals surface area contributed by atoms with Gasteiger partial charge in [-0.05, 0) is 13.8 Å². The first-order valence-corrected chi connectivity index (χ1v) is 9.21. The molecule has 0 bridgehead atoms. The minimum absolute atomic E-state index is 0.0578. The highest BCUT2D eigenvalue weighted by Crippen LogP contribution is 2.28. The smallest absolute Gasteiger partial charge is 0.272 e. The normalized spacial score (nSPS) is 34.2. The van der Waals surface area contributed by atoms with E-state index in [2.05, 4.69) is 0 Å². The molecule has 2 aliphatic heterocycles. The Morgan fingerprint density at radius 1 is 1.10 bits per heavy atom. The summed E-state index contributed by atoms with van der Waals surface area (Å²) in [6.45, 7) is 4.41. The fourth-order valence-corrected chi connectivity index (χ4v) is 4.08. The van der Waals surface area contributed by atoms with Gasteiger partial charge in [-0.25, -0.2) is 0 Å². The van der Waals surface area contributed by atoms with Crippen molar-refractivity contribution in [3.63, 3.8) is 0 Å². The Morgan fingerprint density at radius 2 is 1.75 bits per heavy atom. The lowest BCUT2D eigenvalue weighted by molar-refractivity contribution is -0.251. The molecule has 2 saturated heterocycles. The molecule has 4 unspecified atom stereocenters. The molecular formula is C12H22O6S2. The Morgan fingerprint density at radius 3 is 2.35 bits per heavy atom. The van der Waals surface area contributed by atoms with Gasteiger partial charge in [0, 0.05) is 11.5 Å². The van der Waals surface area contributed by atoms with E-state index in [1.807, 2.05) is 13.8 Å². The highest BCUT2D eigenvalue weighted by Gasteiger charge is 2.28. The molecule has 0 aromatic heterocycles. The molecule has 2 fully saturated rings. The van der Waals surface area contributed by atoms with E-state index >= 15 is 0 Å². The Balaban J connectivity index is 1.50. The van der Waals surface area contributed by atoms with Gasteiger partial charge in [0.25, 0.3) is 6.48 Å². The topological polar surface area (TPSA) is 66.4 Å². The third-order valence-electron chi connectivity index (χ3n) is 2.66. The summed E-state index contributed by atoms with van der Waals surface area (Å²) in [4.78, 5) is 0. The molecule has 0 radical (unpaired) electrons. The van der Waals surface area contributed by atoms with E-state index < -0.39 is 12.8 Å².